The van der Waals surface area contributed by atoms with Crippen LogP contribution in [0.2, 0.25) is 13.1 Å². The molecule has 0 saturated heterocycles. The summed E-state index contributed by atoms with van der Waals surface area (Å²) in [6.45, 7) is 7.48. The zero-order valence-corrected chi connectivity index (χ0v) is 18.2. The van der Waals surface area contributed by atoms with Crippen molar-refractivity contribution in [3.05, 3.63) is 95.6 Å². The summed E-state index contributed by atoms with van der Waals surface area (Å²) in [6, 6.07) is 29.1. The van der Waals surface area contributed by atoms with E-state index in [0.717, 1.165) is 0 Å². The molecule has 0 amide bonds. The fraction of sp³-hybridized carbons (Fsp3) is 0.143. The van der Waals surface area contributed by atoms with Crippen molar-refractivity contribution in [3.63, 3.8) is 0 Å². The van der Waals surface area contributed by atoms with Gasteiger partial charge in [-0.2, -0.15) is 0 Å². The molecule has 6 rings (SSSR count). The van der Waals surface area contributed by atoms with Crippen LogP contribution in [0, 0.1) is 0 Å². The van der Waals surface area contributed by atoms with E-state index in [1.165, 1.54) is 38.6 Å². The third kappa shape index (κ3) is 2.20. The zero-order chi connectivity index (χ0) is 19.8. The van der Waals surface area contributed by atoms with Gasteiger partial charge in [-0.15, -0.1) is 0 Å². The second-order valence-electron chi connectivity index (χ2n) is 9.11. The van der Waals surface area contributed by atoms with E-state index in [4.69, 9.17) is 0 Å². The quantitative estimate of drug-likeness (QED) is 0.320. The summed E-state index contributed by atoms with van der Waals surface area (Å²) >= 11 is 0. The monoisotopic (exact) mass is 388 g/mol. The highest BCUT2D eigenvalue weighted by atomic mass is 28.3. The fourth-order valence-corrected chi connectivity index (χ4v) is 9.88. The first-order chi connectivity index (χ1) is 14.1. The summed E-state index contributed by atoms with van der Waals surface area (Å²) in [7, 11) is -1.65. The first-order valence-electron chi connectivity index (χ1n) is 10.5. The first-order valence-corrected chi connectivity index (χ1v) is 13.6. The van der Waals surface area contributed by atoms with Gasteiger partial charge in [0.1, 0.15) is 0 Å². The Morgan fingerprint density at radius 1 is 0.759 bits per heavy atom. The van der Waals surface area contributed by atoms with Crippen LogP contribution in [-0.4, -0.2) is 8.07 Å². The highest BCUT2D eigenvalue weighted by Gasteiger charge is 2.49. The molecule has 1 heteroatoms. The summed E-state index contributed by atoms with van der Waals surface area (Å²) in [4.78, 5) is 0. The number of allylic oxidation sites excluding steroid dienone is 1. The van der Waals surface area contributed by atoms with E-state index >= 15 is 0 Å². The van der Waals surface area contributed by atoms with Gasteiger partial charge in [-0.1, -0.05) is 109 Å². The fourth-order valence-electron chi connectivity index (χ4n) is 5.90. The molecule has 2 aliphatic rings. The van der Waals surface area contributed by atoms with Crippen LogP contribution in [0.5, 0.6) is 0 Å². The molecule has 2 bridgehead atoms. The highest BCUT2D eigenvalue weighted by molar-refractivity contribution is 6.94. The first kappa shape index (κ1) is 17.0. The van der Waals surface area contributed by atoms with E-state index in [1.54, 1.807) is 16.3 Å². The van der Waals surface area contributed by atoms with Crippen LogP contribution in [0.15, 0.2) is 84.4 Å². The molecule has 1 aliphatic heterocycles. The van der Waals surface area contributed by atoms with Crippen LogP contribution in [0.4, 0.5) is 0 Å². The Balaban J connectivity index is 1.74. The van der Waals surface area contributed by atoms with Gasteiger partial charge >= 0.3 is 0 Å². The summed E-state index contributed by atoms with van der Waals surface area (Å²) in [5.41, 5.74) is 10.9. The topological polar surface area (TPSA) is 0 Å². The predicted octanol–water partition coefficient (Wildman–Crippen LogP) is 7.14. The molecule has 4 aromatic carbocycles. The lowest BCUT2D eigenvalue weighted by Crippen LogP contribution is -2.43. The molecular weight excluding hydrogens is 364 g/mol. The van der Waals surface area contributed by atoms with Crippen LogP contribution >= 0.6 is 0 Å². The number of benzene rings is 4. The van der Waals surface area contributed by atoms with Gasteiger partial charge in [0.15, 0.2) is 0 Å². The van der Waals surface area contributed by atoms with E-state index in [9.17, 15) is 0 Å². The second kappa shape index (κ2) is 5.81. The van der Waals surface area contributed by atoms with Crippen molar-refractivity contribution in [2.24, 2.45) is 0 Å². The lowest BCUT2D eigenvalue weighted by molar-refractivity contribution is 1.11. The summed E-state index contributed by atoms with van der Waals surface area (Å²) in [6.07, 6.45) is 2.48. The van der Waals surface area contributed by atoms with Crippen molar-refractivity contribution >= 4 is 30.1 Å². The minimum Gasteiger partial charge on any atom is -0.0675 e. The van der Waals surface area contributed by atoms with Crippen LogP contribution in [0.1, 0.15) is 23.6 Å². The maximum atomic E-state index is 2.57. The normalized spacial score (nSPS) is 18.3. The second-order valence-corrected chi connectivity index (χ2v) is 13.7. The lowest BCUT2D eigenvalue weighted by Gasteiger charge is -2.26. The van der Waals surface area contributed by atoms with E-state index < -0.39 is 8.07 Å². The SMILES string of the molecule is CC1=Cc2c(-c3ccccc3)cc3c(-c4cccc5ccccc45)c2C1[Si]3(C)C. The average Bonchev–Trinajstić information content (AvgIpc) is 3.17. The largest absolute Gasteiger partial charge is 0.0931 e. The lowest BCUT2D eigenvalue weighted by atomic mass is 9.88. The highest BCUT2D eigenvalue weighted by Crippen LogP contribution is 2.54. The Bertz CT molecular complexity index is 1320. The molecule has 4 aromatic rings. The number of hydrogen-bond acceptors (Lipinski definition) is 0. The Morgan fingerprint density at radius 3 is 2.31 bits per heavy atom. The van der Waals surface area contributed by atoms with Crippen molar-refractivity contribution in [1.82, 2.24) is 0 Å². The molecule has 1 aliphatic carbocycles. The standard InChI is InChI=1S/C28H24Si/c1-18-16-24-23(20-10-5-4-6-11-20)17-25-26(27(24)28(18)29(25,2)3)22-15-9-13-19-12-7-8-14-21(19)22/h4-17,28H,1-3H3. The maximum Gasteiger partial charge on any atom is 0.0931 e. The van der Waals surface area contributed by atoms with Gasteiger partial charge in [-0.05, 0) is 51.1 Å². The Hall–Kier alpha value is -2.90. The minimum atomic E-state index is -1.65. The molecule has 1 atom stereocenters. The van der Waals surface area contributed by atoms with Crippen molar-refractivity contribution in [2.75, 3.05) is 0 Å². The van der Waals surface area contributed by atoms with E-state index in [0.29, 0.717) is 5.54 Å². The average molecular weight is 389 g/mol. The Morgan fingerprint density at radius 2 is 1.48 bits per heavy atom. The van der Waals surface area contributed by atoms with Crippen molar-refractivity contribution in [2.45, 2.75) is 25.6 Å². The van der Waals surface area contributed by atoms with Crippen molar-refractivity contribution in [3.8, 4) is 22.3 Å². The van der Waals surface area contributed by atoms with Crippen molar-refractivity contribution < 1.29 is 0 Å². The molecule has 0 aromatic heterocycles. The molecule has 0 saturated carbocycles. The van der Waals surface area contributed by atoms with Crippen LogP contribution in [0.25, 0.3) is 39.1 Å². The van der Waals surface area contributed by atoms with Crippen LogP contribution < -0.4 is 5.19 Å². The van der Waals surface area contributed by atoms with Gasteiger partial charge in [-0.3, -0.25) is 0 Å². The van der Waals surface area contributed by atoms with E-state index in [2.05, 4.69) is 105 Å². The third-order valence-electron chi connectivity index (χ3n) is 7.08. The molecule has 0 fully saturated rings. The van der Waals surface area contributed by atoms with Gasteiger partial charge in [-0.25, -0.2) is 0 Å². The molecule has 0 nitrogen and oxygen atoms in total. The summed E-state index contributed by atoms with van der Waals surface area (Å²) in [5, 5.41) is 4.34. The number of fused-ring (bicyclic) bond motifs is 2. The van der Waals surface area contributed by atoms with Crippen molar-refractivity contribution in [1.29, 1.82) is 0 Å². The molecule has 0 N–H and O–H groups in total. The minimum absolute atomic E-state index is 0.610. The molecule has 0 radical (unpaired) electrons. The molecule has 29 heavy (non-hydrogen) atoms. The predicted molar refractivity (Wildman–Crippen MR) is 128 cm³/mol. The molecular formula is C28H24Si. The molecule has 1 unspecified atom stereocenters. The summed E-state index contributed by atoms with van der Waals surface area (Å²) < 4.78 is 0. The molecule has 1 heterocycles. The van der Waals surface area contributed by atoms with Gasteiger partial charge in [0.2, 0.25) is 0 Å². The maximum absolute atomic E-state index is 2.57. The van der Waals surface area contributed by atoms with Gasteiger partial charge < -0.3 is 0 Å². The Kier molecular flexibility index (Phi) is 3.40. The van der Waals surface area contributed by atoms with Gasteiger partial charge in [0, 0.05) is 5.54 Å². The van der Waals surface area contributed by atoms with Gasteiger partial charge in [0.05, 0.1) is 8.07 Å². The molecule has 0 spiro atoms. The number of rotatable bonds is 2. The zero-order valence-electron chi connectivity index (χ0n) is 17.2. The van der Waals surface area contributed by atoms with Gasteiger partial charge in [0.25, 0.3) is 0 Å². The smallest absolute Gasteiger partial charge is 0.0675 e. The summed E-state index contributed by atoms with van der Waals surface area (Å²) in [5.74, 6) is 0. The van der Waals surface area contributed by atoms with E-state index in [1.807, 2.05) is 0 Å². The molecule has 140 valence electrons. The number of hydrogen-bond donors (Lipinski definition) is 0. The van der Waals surface area contributed by atoms with Crippen LogP contribution in [0.3, 0.4) is 0 Å². The van der Waals surface area contributed by atoms with Crippen LogP contribution in [-0.2, 0) is 0 Å². The van der Waals surface area contributed by atoms with E-state index in [-0.39, 0.29) is 0 Å². The Labute approximate surface area is 173 Å². The third-order valence-corrected chi connectivity index (χ3v) is 11.1.